The first kappa shape index (κ1) is 27.1. The molecule has 186 valence electrons. The molecule has 1 amide bonds. The Kier molecular flexibility index (Phi) is 11.4. The van der Waals surface area contributed by atoms with Crippen LogP contribution in [0, 0.1) is 11.8 Å². The SMILES string of the molecule is C=S(=O)(N[C@@H](CCCCN)C(=O)O)N[C@@H](CC1CCCCC1)C(=O)NC1CCCC(C)C1. The predicted octanol–water partition coefficient (Wildman–Crippen LogP) is 2.33. The lowest BCUT2D eigenvalue weighted by Gasteiger charge is -2.32. The molecule has 0 aromatic carbocycles. The van der Waals surface area contributed by atoms with Crippen LogP contribution < -0.4 is 20.5 Å². The molecule has 6 N–H and O–H groups in total. The first-order chi connectivity index (χ1) is 15.2. The van der Waals surface area contributed by atoms with Crippen LogP contribution in [0.15, 0.2) is 0 Å². The molecule has 0 spiro atoms. The Balaban J connectivity index is 2.05. The maximum absolute atomic E-state index is 13.2. The number of aliphatic carboxylic acids is 1. The molecule has 9 heteroatoms. The molecule has 0 heterocycles. The number of carboxylic acids is 1. The Morgan fingerprint density at radius 1 is 1.06 bits per heavy atom. The van der Waals surface area contributed by atoms with E-state index in [0.717, 1.165) is 44.9 Å². The van der Waals surface area contributed by atoms with E-state index in [0.29, 0.717) is 44.1 Å². The number of hydrogen-bond donors (Lipinski definition) is 5. The van der Waals surface area contributed by atoms with Crippen LogP contribution in [0.1, 0.15) is 90.4 Å². The summed E-state index contributed by atoms with van der Waals surface area (Å²) in [6, 6.07) is -1.53. The Bertz CT molecular complexity index is 694. The van der Waals surface area contributed by atoms with E-state index in [-0.39, 0.29) is 11.9 Å². The van der Waals surface area contributed by atoms with E-state index in [1.54, 1.807) is 0 Å². The van der Waals surface area contributed by atoms with Crippen LogP contribution >= 0.6 is 0 Å². The molecule has 3 unspecified atom stereocenters. The smallest absolute Gasteiger partial charge is 0.321 e. The van der Waals surface area contributed by atoms with Crippen LogP contribution in [-0.4, -0.2) is 51.7 Å². The Hall–Kier alpha value is -1.16. The van der Waals surface area contributed by atoms with E-state index in [1.165, 1.54) is 12.8 Å². The fraction of sp³-hybridized carbons (Fsp3) is 0.870. The zero-order valence-electron chi connectivity index (χ0n) is 19.7. The topological polar surface area (TPSA) is 134 Å². The molecule has 32 heavy (non-hydrogen) atoms. The summed E-state index contributed by atoms with van der Waals surface area (Å²) < 4.78 is 18.8. The highest BCUT2D eigenvalue weighted by Gasteiger charge is 2.30. The minimum Gasteiger partial charge on any atom is -0.480 e. The number of nitrogens with two attached hydrogens (primary N) is 1. The lowest BCUT2D eigenvalue weighted by Crippen LogP contribution is -2.55. The third kappa shape index (κ3) is 9.77. The number of nitrogens with one attached hydrogen (secondary N) is 3. The van der Waals surface area contributed by atoms with Gasteiger partial charge in [-0.15, -0.1) is 0 Å². The van der Waals surface area contributed by atoms with Gasteiger partial charge in [-0.1, -0.05) is 58.3 Å². The number of rotatable bonds is 13. The van der Waals surface area contributed by atoms with Gasteiger partial charge in [-0.05, 0) is 56.4 Å². The summed E-state index contributed by atoms with van der Waals surface area (Å²) in [6.45, 7) is 2.69. The lowest BCUT2D eigenvalue weighted by atomic mass is 9.84. The van der Waals surface area contributed by atoms with E-state index < -0.39 is 27.9 Å². The highest BCUT2D eigenvalue weighted by Crippen LogP contribution is 2.28. The van der Waals surface area contributed by atoms with Crippen LogP contribution in [0.5, 0.6) is 0 Å². The maximum Gasteiger partial charge on any atom is 0.321 e. The molecule has 8 nitrogen and oxygen atoms in total. The number of amides is 1. The summed E-state index contributed by atoms with van der Waals surface area (Å²) in [5, 5.41) is 12.7. The second-order valence-corrected chi connectivity index (χ2v) is 11.7. The first-order valence-electron chi connectivity index (χ1n) is 12.3. The van der Waals surface area contributed by atoms with Crippen molar-refractivity contribution < 1.29 is 18.9 Å². The average molecular weight is 473 g/mol. The summed E-state index contributed by atoms with van der Waals surface area (Å²) in [5.74, 6) is 3.48. The van der Waals surface area contributed by atoms with Gasteiger partial charge in [0.2, 0.25) is 5.91 Å². The molecule has 0 aliphatic heterocycles. The summed E-state index contributed by atoms with van der Waals surface area (Å²) in [5.41, 5.74) is 5.50. The van der Waals surface area contributed by atoms with E-state index >= 15 is 0 Å². The van der Waals surface area contributed by atoms with Crippen LogP contribution in [0.4, 0.5) is 0 Å². The quantitative estimate of drug-likeness (QED) is 0.207. The summed E-state index contributed by atoms with van der Waals surface area (Å²) in [7, 11) is -3.18. The fourth-order valence-corrected chi connectivity index (χ4v) is 6.46. The van der Waals surface area contributed by atoms with E-state index in [1.807, 2.05) is 0 Å². The van der Waals surface area contributed by atoms with E-state index in [4.69, 9.17) is 5.73 Å². The third-order valence-corrected chi connectivity index (χ3v) is 8.13. The third-order valence-electron chi connectivity index (χ3n) is 6.80. The van der Waals surface area contributed by atoms with Crippen molar-refractivity contribution in [1.82, 2.24) is 14.8 Å². The van der Waals surface area contributed by atoms with Crippen molar-refractivity contribution in [2.75, 3.05) is 6.54 Å². The van der Waals surface area contributed by atoms with E-state index in [2.05, 4.69) is 27.6 Å². The molecular weight excluding hydrogens is 428 g/mol. The summed E-state index contributed by atoms with van der Waals surface area (Å²) in [4.78, 5) is 24.9. The number of carbonyl (C=O) groups is 2. The Morgan fingerprint density at radius 2 is 1.75 bits per heavy atom. The summed E-state index contributed by atoms with van der Waals surface area (Å²) >= 11 is 0. The predicted molar refractivity (Wildman–Crippen MR) is 130 cm³/mol. The number of unbranched alkanes of at least 4 members (excludes halogenated alkanes) is 1. The zero-order chi connectivity index (χ0) is 23.6. The maximum atomic E-state index is 13.2. The minimum absolute atomic E-state index is 0.138. The van der Waals surface area contributed by atoms with Crippen molar-refractivity contribution in [3.63, 3.8) is 0 Å². The molecule has 2 rings (SSSR count). The number of carbonyl (C=O) groups excluding carboxylic acids is 1. The largest absolute Gasteiger partial charge is 0.480 e. The highest BCUT2D eigenvalue weighted by molar-refractivity contribution is 7.96. The van der Waals surface area contributed by atoms with Crippen molar-refractivity contribution in [3.8, 4) is 0 Å². The second-order valence-electron chi connectivity index (χ2n) is 9.86. The van der Waals surface area contributed by atoms with Crippen LogP contribution in [0.3, 0.4) is 0 Å². The van der Waals surface area contributed by atoms with Crippen molar-refractivity contribution >= 4 is 27.6 Å². The van der Waals surface area contributed by atoms with Crippen LogP contribution in [-0.2, 0) is 19.5 Å². The normalized spacial score (nSPS) is 26.1. The van der Waals surface area contributed by atoms with Gasteiger partial charge in [0.1, 0.15) is 6.04 Å². The van der Waals surface area contributed by atoms with Crippen molar-refractivity contribution in [3.05, 3.63) is 0 Å². The van der Waals surface area contributed by atoms with Gasteiger partial charge in [-0.2, -0.15) is 0 Å². The molecule has 2 saturated carbocycles. The van der Waals surface area contributed by atoms with Gasteiger partial charge < -0.3 is 16.2 Å². The molecule has 0 aromatic heterocycles. The molecular formula is C23H44N4O4S. The molecule has 2 fully saturated rings. The summed E-state index contributed by atoms with van der Waals surface area (Å²) in [6.07, 6.45) is 12.1. The molecule has 5 atom stereocenters. The Labute approximate surface area is 194 Å². The molecule has 2 aliphatic carbocycles. The minimum atomic E-state index is -3.18. The second kappa shape index (κ2) is 13.5. The molecule has 0 bridgehead atoms. The van der Waals surface area contributed by atoms with Gasteiger partial charge >= 0.3 is 5.97 Å². The van der Waals surface area contributed by atoms with Crippen molar-refractivity contribution in [2.24, 2.45) is 17.6 Å². The van der Waals surface area contributed by atoms with Gasteiger partial charge in [-0.25, -0.2) is 13.7 Å². The highest BCUT2D eigenvalue weighted by atomic mass is 32.2. The number of carboxylic acid groups (broad SMARTS) is 1. The first-order valence-corrected chi connectivity index (χ1v) is 14.1. The van der Waals surface area contributed by atoms with E-state index in [9.17, 15) is 18.9 Å². The monoisotopic (exact) mass is 472 g/mol. The number of hydrogen-bond acceptors (Lipinski definition) is 4. The molecule has 0 saturated heterocycles. The van der Waals surface area contributed by atoms with Gasteiger partial charge in [-0.3, -0.25) is 9.59 Å². The fourth-order valence-electron chi connectivity index (χ4n) is 5.05. The molecule has 2 aliphatic rings. The van der Waals surface area contributed by atoms with Crippen LogP contribution in [0.25, 0.3) is 0 Å². The van der Waals surface area contributed by atoms with Gasteiger partial charge in [0, 0.05) is 6.04 Å². The zero-order valence-corrected chi connectivity index (χ0v) is 20.5. The Morgan fingerprint density at radius 3 is 2.38 bits per heavy atom. The molecule has 0 radical (unpaired) electrons. The van der Waals surface area contributed by atoms with Crippen molar-refractivity contribution in [1.29, 1.82) is 0 Å². The van der Waals surface area contributed by atoms with Gasteiger partial charge in [0.25, 0.3) is 0 Å². The standard InChI is InChI=1S/C23H44N4O4S/c1-17-9-8-12-19(15-17)25-22(28)21(16-18-10-4-3-5-11-18)27-32(2,31)26-20(23(29)30)13-6-7-14-24/h17-21H,2-16,24H2,1H3,(H,25,28)(H,29,30)(H2,26,27,31)/t17?,19?,20-,21-,32?/m0/s1. The van der Waals surface area contributed by atoms with Gasteiger partial charge in [0.15, 0.2) is 0 Å². The molecule has 0 aromatic rings. The average Bonchev–Trinajstić information content (AvgIpc) is 2.73. The lowest BCUT2D eigenvalue weighted by molar-refractivity contribution is -0.139. The van der Waals surface area contributed by atoms with Crippen molar-refractivity contribution in [2.45, 2.75) is 109 Å². The van der Waals surface area contributed by atoms with Gasteiger partial charge in [0.05, 0.1) is 15.9 Å². The van der Waals surface area contributed by atoms with Crippen LogP contribution in [0.2, 0.25) is 0 Å².